The van der Waals surface area contributed by atoms with Crippen molar-refractivity contribution in [1.82, 2.24) is 10.2 Å². The molecule has 5 heteroatoms. The molecule has 0 radical (unpaired) electrons. The third-order valence-electron chi connectivity index (χ3n) is 2.78. The number of nitrogens with zero attached hydrogens (tertiary/aromatic N) is 1. The van der Waals surface area contributed by atoms with Crippen LogP contribution >= 0.6 is 0 Å². The van der Waals surface area contributed by atoms with Crippen LogP contribution in [0.5, 0.6) is 0 Å². The Labute approximate surface area is 126 Å². The van der Waals surface area contributed by atoms with Gasteiger partial charge in [-0.05, 0) is 52.0 Å². The molecule has 0 fully saturated rings. The molecule has 0 aliphatic carbocycles. The Bertz CT molecular complexity index is 501. The molecule has 116 valence electrons. The van der Waals surface area contributed by atoms with E-state index in [1.165, 1.54) is 4.90 Å². The second-order valence-electron chi connectivity index (χ2n) is 6.18. The van der Waals surface area contributed by atoms with Gasteiger partial charge in [0, 0.05) is 30.8 Å². The van der Waals surface area contributed by atoms with E-state index >= 15 is 0 Å². The molecule has 5 nitrogen and oxygen atoms in total. The summed E-state index contributed by atoms with van der Waals surface area (Å²) in [4.78, 5) is 25.5. The third-order valence-corrected chi connectivity index (χ3v) is 2.78. The van der Waals surface area contributed by atoms with Crippen molar-refractivity contribution in [2.75, 3.05) is 13.6 Å². The van der Waals surface area contributed by atoms with Gasteiger partial charge >= 0.3 is 0 Å². The van der Waals surface area contributed by atoms with Crippen LogP contribution in [0.2, 0.25) is 0 Å². The van der Waals surface area contributed by atoms with Gasteiger partial charge in [0.05, 0.1) is 5.60 Å². The lowest BCUT2D eigenvalue weighted by atomic mass is 10.1. The van der Waals surface area contributed by atoms with Crippen LogP contribution in [0.4, 0.5) is 0 Å². The predicted molar refractivity (Wildman–Crippen MR) is 82.3 cm³/mol. The van der Waals surface area contributed by atoms with Crippen molar-refractivity contribution < 1.29 is 14.7 Å². The van der Waals surface area contributed by atoms with E-state index in [1.54, 1.807) is 45.2 Å². The fraction of sp³-hybridized carbons (Fsp3) is 0.500. The van der Waals surface area contributed by atoms with E-state index in [9.17, 15) is 14.7 Å². The molecule has 0 aromatic heterocycles. The first kappa shape index (κ1) is 17.2. The SMILES string of the molecule is CC(C)NC(=O)c1ccc(C(=O)N(C)CC(C)(C)O)cc1. The number of hydrogen-bond donors (Lipinski definition) is 2. The van der Waals surface area contributed by atoms with Gasteiger partial charge in [0.1, 0.15) is 0 Å². The Morgan fingerprint density at radius 2 is 1.67 bits per heavy atom. The molecule has 0 atom stereocenters. The summed E-state index contributed by atoms with van der Waals surface area (Å²) in [5, 5.41) is 12.5. The number of rotatable bonds is 5. The molecular weight excluding hydrogens is 268 g/mol. The number of carbonyl (C=O) groups excluding carboxylic acids is 2. The van der Waals surface area contributed by atoms with Crippen LogP contribution in [-0.4, -0.2) is 47.1 Å². The van der Waals surface area contributed by atoms with Gasteiger partial charge in [0.15, 0.2) is 0 Å². The van der Waals surface area contributed by atoms with Crippen LogP contribution < -0.4 is 5.32 Å². The first-order chi connectivity index (χ1) is 9.60. The van der Waals surface area contributed by atoms with Crippen molar-refractivity contribution in [3.63, 3.8) is 0 Å². The Balaban J connectivity index is 2.78. The van der Waals surface area contributed by atoms with Crippen molar-refractivity contribution in [2.24, 2.45) is 0 Å². The summed E-state index contributed by atoms with van der Waals surface area (Å²) in [7, 11) is 1.64. The third kappa shape index (κ3) is 5.55. The zero-order chi connectivity index (χ0) is 16.2. The number of carbonyl (C=O) groups is 2. The number of likely N-dealkylation sites (N-methyl/N-ethyl adjacent to an activating group) is 1. The molecule has 0 aliphatic rings. The highest BCUT2D eigenvalue weighted by Gasteiger charge is 2.20. The quantitative estimate of drug-likeness (QED) is 0.867. The monoisotopic (exact) mass is 292 g/mol. The first-order valence-corrected chi connectivity index (χ1v) is 6.99. The Kier molecular flexibility index (Phi) is 5.49. The summed E-state index contributed by atoms with van der Waals surface area (Å²) >= 11 is 0. The van der Waals surface area contributed by atoms with E-state index in [4.69, 9.17) is 0 Å². The highest BCUT2D eigenvalue weighted by Crippen LogP contribution is 2.10. The Morgan fingerprint density at radius 3 is 2.10 bits per heavy atom. The molecular formula is C16H24N2O3. The lowest BCUT2D eigenvalue weighted by Gasteiger charge is -2.25. The number of hydrogen-bond acceptors (Lipinski definition) is 3. The molecule has 1 aromatic carbocycles. The van der Waals surface area contributed by atoms with Crippen LogP contribution in [0.1, 0.15) is 48.4 Å². The van der Waals surface area contributed by atoms with Gasteiger partial charge in [0.2, 0.25) is 0 Å². The van der Waals surface area contributed by atoms with E-state index in [2.05, 4.69) is 5.32 Å². The van der Waals surface area contributed by atoms with E-state index < -0.39 is 5.60 Å². The number of benzene rings is 1. The van der Waals surface area contributed by atoms with Gasteiger partial charge in [-0.15, -0.1) is 0 Å². The second kappa shape index (κ2) is 6.72. The van der Waals surface area contributed by atoms with Gasteiger partial charge in [-0.3, -0.25) is 9.59 Å². The van der Waals surface area contributed by atoms with Crippen LogP contribution in [0, 0.1) is 0 Å². The van der Waals surface area contributed by atoms with Gasteiger partial charge in [-0.25, -0.2) is 0 Å². The van der Waals surface area contributed by atoms with Gasteiger partial charge in [-0.2, -0.15) is 0 Å². The van der Waals surface area contributed by atoms with Crippen molar-refractivity contribution in [3.05, 3.63) is 35.4 Å². The maximum Gasteiger partial charge on any atom is 0.253 e. The molecule has 0 aliphatic heterocycles. The molecule has 0 spiro atoms. The average molecular weight is 292 g/mol. The average Bonchev–Trinajstić information content (AvgIpc) is 2.35. The first-order valence-electron chi connectivity index (χ1n) is 6.99. The van der Waals surface area contributed by atoms with Crippen molar-refractivity contribution >= 4 is 11.8 Å². The number of amides is 2. The number of nitrogens with one attached hydrogen (secondary N) is 1. The van der Waals surface area contributed by atoms with E-state index in [-0.39, 0.29) is 24.4 Å². The fourth-order valence-electron chi connectivity index (χ4n) is 1.98. The second-order valence-corrected chi connectivity index (χ2v) is 6.18. The topological polar surface area (TPSA) is 69.6 Å². The zero-order valence-electron chi connectivity index (χ0n) is 13.3. The summed E-state index contributed by atoms with van der Waals surface area (Å²) < 4.78 is 0. The molecule has 0 saturated carbocycles. The maximum absolute atomic E-state index is 12.2. The normalized spacial score (nSPS) is 11.4. The zero-order valence-corrected chi connectivity index (χ0v) is 13.3. The Morgan fingerprint density at radius 1 is 1.19 bits per heavy atom. The summed E-state index contributed by atoms with van der Waals surface area (Å²) in [5.41, 5.74) is 0.0647. The van der Waals surface area contributed by atoms with E-state index in [0.29, 0.717) is 11.1 Å². The van der Waals surface area contributed by atoms with Crippen LogP contribution in [-0.2, 0) is 0 Å². The van der Waals surface area contributed by atoms with Crippen LogP contribution in [0.15, 0.2) is 24.3 Å². The molecule has 0 unspecified atom stereocenters. The fourth-order valence-corrected chi connectivity index (χ4v) is 1.98. The maximum atomic E-state index is 12.2. The lowest BCUT2D eigenvalue weighted by Crippen LogP contribution is -2.39. The highest BCUT2D eigenvalue weighted by molar-refractivity contribution is 5.97. The minimum absolute atomic E-state index is 0.0664. The minimum atomic E-state index is -0.943. The largest absolute Gasteiger partial charge is 0.389 e. The molecule has 1 rings (SSSR count). The van der Waals surface area contributed by atoms with Gasteiger partial charge < -0.3 is 15.3 Å². The summed E-state index contributed by atoms with van der Waals surface area (Å²) in [6.07, 6.45) is 0. The highest BCUT2D eigenvalue weighted by atomic mass is 16.3. The van der Waals surface area contributed by atoms with E-state index in [0.717, 1.165) is 0 Å². The molecule has 0 saturated heterocycles. The molecule has 21 heavy (non-hydrogen) atoms. The summed E-state index contributed by atoms with van der Waals surface area (Å²) in [6, 6.07) is 6.57. The molecule has 2 amide bonds. The van der Waals surface area contributed by atoms with Gasteiger partial charge in [0.25, 0.3) is 11.8 Å². The molecule has 0 heterocycles. The van der Waals surface area contributed by atoms with E-state index in [1.807, 2.05) is 13.8 Å². The number of aliphatic hydroxyl groups is 1. The minimum Gasteiger partial charge on any atom is -0.389 e. The smallest absolute Gasteiger partial charge is 0.253 e. The van der Waals surface area contributed by atoms with Crippen molar-refractivity contribution in [3.8, 4) is 0 Å². The lowest BCUT2D eigenvalue weighted by molar-refractivity contribution is 0.0368. The summed E-state index contributed by atoms with van der Waals surface area (Å²) in [5.74, 6) is -0.346. The van der Waals surface area contributed by atoms with Crippen LogP contribution in [0.3, 0.4) is 0 Å². The summed E-state index contributed by atoms with van der Waals surface area (Å²) in [6.45, 7) is 7.32. The van der Waals surface area contributed by atoms with Gasteiger partial charge in [-0.1, -0.05) is 0 Å². The standard InChI is InChI=1S/C16H24N2O3/c1-11(2)17-14(19)12-6-8-13(9-7-12)15(20)18(5)10-16(3,4)21/h6-9,11,21H,10H2,1-5H3,(H,17,19). The molecule has 1 aromatic rings. The molecule has 0 bridgehead atoms. The Hall–Kier alpha value is -1.88. The predicted octanol–water partition coefficient (Wildman–Crippen LogP) is 1.67. The molecule has 2 N–H and O–H groups in total. The van der Waals surface area contributed by atoms with Crippen molar-refractivity contribution in [2.45, 2.75) is 39.3 Å². The van der Waals surface area contributed by atoms with Crippen molar-refractivity contribution in [1.29, 1.82) is 0 Å². The van der Waals surface area contributed by atoms with Crippen LogP contribution in [0.25, 0.3) is 0 Å².